The Morgan fingerprint density at radius 3 is 2.43 bits per heavy atom. The lowest BCUT2D eigenvalue weighted by Gasteiger charge is -2.07. The van der Waals surface area contributed by atoms with Crippen LogP contribution in [-0.2, 0) is 6.18 Å². The van der Waals surface area contributed by atoms with Crippen molar-refractivity contribution in [2.24, 2.45) is 0 Å². The van der Waals surface area contributed by atoms with Crippen LogP contribution in [0.15, 0.2) is 16.7 Å². The number of aromatic nitrogens is 1. The highest BCUT2D eigenvalue weighted by molar-refractivity contribution is 9.10. The van der Waals surface area contributed by atoms with E-state index in [0.29, 0.717) is 12.1 Å². The third-order valence-corrected chi connectivity index (χ3v) is 1.75. The Kier molecular flexibility index (Phi) is 2.79. The van der Waals surface area contributed by atoms with Crippen LogP contribution in [0.25, 0.3) is 0 Å². The van der Waals surface area contributed by atoms with E-state index < -0.39 is 23.4 Å². The Labute approximate surface area is 84.7 Å². The second-order valence-corrected chi connectivity index (χ2v) is 3.18. The Hall–Kier alpha value is -1.11. The molecule has 76 valence electrons. The largest absolute Gasteiger partial charge is 0.477 e. The summed E-state index contributed by atoms with van der Waals surface area (Å²) in [6.45, 7) is 0. The van der Waals surface area contributed by atoms with Gasteiger partial charge in [-0.15, -0.1) is 0 Å². The number of nitrogens with zero attached hydrogens (tertiary/aromatic N) is 1. The Morgan fingerprint density at radius 2 is 2.00 bits per heavy atom. The summed E-state index contributed by atoms with van der Waals surface area (Å²) in [6, 6.07) is 1.19. The molecule has 0 aromatic carbocycles. The SMILES string of the molecule is O=C(O)c1cc(C(F)(F)F)cc(Br)n1. The van der Waals surface area contributed by atoms with Gasteiger partial charge in [-0.2, -0.15) is 13.2 Å². The maximum absolute atomic E-state index is 12.2. The van der Waals surface area contributed by atoms with Crippen LogP contribution in [0.2, 0.25) is 0 Å². The summed E-state index contributed by atoms with van der Waals surface area (Å²) in [4.78, 5) is 13.7. The van der Waals surface area contributed by atoms with Crippen LogP contribution in [0.3, 0.4) is 0 Å². The minimum Gasteiger partial charge on any atom is -0.477 e. The van der Waals surface area contributed by atoms with Gasteiger partial charge in [-0.25, -0.2) is 9.78 Å². The molecule has 0 bridgehead atoms. The average molecular weight is 270 g/mol. The molecule has 0 aliphatic carbocycles. The van der Waals surface area contributed by atoms with Gasteiger partial charge in [0.05, 0.1) is 5.56 Å². The standard InChI is InChI=1S/C7H3BrF3NO2/c8-5-2-3(7(9,10)11)1-4(12-5)6(13)14/h1-2H,(H,13,14). The van der Waals surface area contributed by atoms with E-state index in [1.165, 1.54) is 0 Å². The molecule has 0 aliphatic rings. The van der Waals surface area contributed by atoms with Crippen molar-refractivity contribution in [2.75, 3.05) is 0 Å². The zero-order valence-electron chi connectivity index (χ0n) is 6.47. The van der Waals surface area contributed by atoms with E-state index >= 15 is 0 Å². The van der Waals surface area contributed by atoms with Gasteiger partial charge >= 0.3 is 12.1 Å². The van der Waals surface area contributed by atoms with Gasteiger partial charge in [0, 0.05) is 0 Å². The highest BCUT2D eigenvalue weighted by atomic mass is 79.9. The molecule has 3 nitrogen and oxygen atoms in total. The molecule has 0 fully saturated rings. The normalized spacial score (nSPS) is 11.4. The predicted octanol–water partition coefficient (Wildman–Crippen LogP) is 2.56. The highest BCUT2D eigenvalue weighted by Crippen LogP contribution is 2.30. The van der Waals surface area contributed by atoms with E-state index in [-0.39, 0.29) is 4.60 Å². The fourth-order valence-corrected chi connectivity index (χ4v) is 1.21. The van der Waals surface area contributed by atoms with Crippen molar-refractivity contribution in [3.63, 3.8) is 0 Å². The first kappa shape index (κ1) is 11.0. The van der Waals surface area contributed by atoms with Crippen LogP contribution in [-0.4, -0.2) is 16.1 Å². The third-order valence-electron chi connectivity index (χ3n) is 1.34. The fourth-order valence-electron chi connectivity index (χ4n) is 0.770. The molecule has 0 amide bonds. The van der Waals surface area contributed by atoms with Gasteiger partial charge < -0.3 is 5.11 Å². The van der Waals surface area contributed by atoms with Crippen LogP contribution in [0.1, 0.15) is 16.1 Å². The van der Waals surface area contributed by atoms with Crippen molar-refractivity contribution in [1.82, 2.24) is 4.98 Å². The Balaban J connectivity index is 3.28. The predicted molar refractivity (Wildman–Crippen MR) is 43.9 cm³/mol. The summed E-state index contributed by atoms with van der Waals surface area (Å²) in [6.07, 6.45) is -4.57. The van der Waals surface area contributed by atoms with Crippen molar-refractivity contribution >= 4 is 21.9 Å². The highest BCUT2D eigenvalue weighted by Gasteiger charge is 2.32. The minimum absolute atomic E-state index is 0.162. The number of carboxylic acids is 1. The van der Waals surface area contributed by atoms with E-state index in [1.807, 2.05) is 0 Å². The second kappa shape index (κ2) is 3.56. The first-order valence-corrected chi connectivity index (χ1v) is 4.08. The summed E-state index contributed by atoms with van der Waals surface area (Å²) < 4.78 is 36.3. The van der Waals surface area contributed by atoms with Crippen LogP contribution in [0.5, 0.6) is 0 Å². The van der Waals surface area contributed by atoms with Crippen molar-refractivity contribution in [2.45, 2.75) is 6.18 Å². The van der Waals surface area contributed by atoms with E-state index in [0.717, 1.165) is 0 Å². The maximum atomic E-state index is 12.2. The molecular formula is C7H3BrF3NO2. The lowest BCUT2D eigenvalue weighted by atomic mass is 10.2. The molecule has 1 rings (SSSR count). The number of hydrogen-bond acceptors (Lipinski definition) is 2. The molecule has 0 aliphatic heterocycles. The molecule has 0 spiro atoms. The number of carboxylic acid groups (broad SMARTS) is 1. The van der Waals surface area contributed by atoms with E-state index in [1.54, 1.807) is 0 Å². The van der Waals surface area contributed by atoms with Crippen molar-refractivity contribution < 1.29 is 23.1 Å². The first-order valence-electron chi connectivity index (χ1n) is 3.29. The van der Waals surface area contributed by atoms with Gasteiger partial charge in [-0.1, -0.05) is 0 Å². The summed E-state index contributed by atoms with van der Waals surface area (Å²) in [5.74, 6) is -1.50. The maximum Gasteiger partial charge on any atom is 0.416 e. The van der Waals surface area contributed by atoms with Crippen LogP contribution in [0, 0.1) is 0 Å². The summed E-state index contributed by atoms with van der Waals surface area (Å²) in [5.41, 5.74) is -1.69. The van der Waals surface area contributed by atoms with Gasteiger partial charge in [-0.05, 0) is 28.1 Å². The lowest BCUT2D eigenvalue weighted by molar-refractivity contribution is -0.137. The minimum atomic E-state index is -4.57. The number of rotatable bonds is 1. The number of alkyl halides is 3. The van der Waals surface area contributed by atoms with Gasteiger partial charge in [0.15, 0.2) is 0 Å². The topological polar surface area (TPSA) is 50.2 Å². The zero-order chi connectivity index (χ0) is 10.9. The van der Waals surface area contributed by atoms with E-state index in [9.17, 15) is 18.0 Å². The molecule has 1 N–H and O–H groups in total. The quantitative estimate of drug-likeness (QED) is 0.798. The van der Waals surface area contributed by atoms with Gasteiger partial charge in [0.1, 0.15) is 10.3 Å². The number of hydrogen-bond donors (Lipinski definition) is 1. The van der Waals surface area contributed by atoms with Crippen LogP contribution < -0.4 is 0 Å². The van der Waals surface area contributed by atoms with Gasteiger partial charge in [0.25, 0.3) is 0 Å². The monoisotopic (exact) mass is 269 g/mol. The third kappa shape index (κ3) is 2.44. The molecule has 7 heteroatoms. The number of pyridine rings is 1. The smallest absolute Gasteiger partial charge is 0.416 e. The van der Waals surface area contributed by atoms with Crippen LogP contribution >= 0.6 is 15.9 Å². The summed E-state index contributed by atoms with van der Waals surface area (Å²) in [5, 5.41) is 8.45. The number of aromatic carboxylic acids is 1. The molecule has 1 aromatic heterocycles. The van der Waals surface area contributed by atoms with Crippen molar-refractivity contribution in [1.29, 1.82) is 0 Å². The van der Waals surface area contributed by atoms with E-state index in [2.05, 4.69) is 20.9 Å². The molecule has 0 radical (unpaired) electrons. The molecule has 0 saturated heterocycles. The van der Waals surface area contributed by atoms with Gasteiger partial charge in [0.2, 0.25) is 0 Å². The van der Waals surface area contributed by atoms with Crippen LogP contribution in [0.4, 0.5) is 13.2 Å². The molecular weight excluding hydrogens is 267 g/mol. The molecule has 0 unspecified atom stereocenters. The van der Waals surface area contributed by atoms with Crippen molar-refractivity contribution in [3.05, 3.63) is 28.0 Å². The lowest BCUT2D eigenvalue weighted by Crippen LogP contribution is -2.09. The number of carbonyl (C=O) groups is 1. The molecule has 1 aromatic rings. The average Bonchev–Trinajstić information content (AvgIpc) is 2.01. The zero-order valence-corrected chi connectivity index (χ0v) is 8.06. The Morgan fingerprint density at radius 1 is 1.43 bits per heavy atom. The van der Waals surface area contributed by atoms with Crippen molar-refractivity contribution in [3.8, 4) is 0 Å². The molecule has 0 atom stereocenters. The molecule has 0 saturated carbocycles. The molecule has 14 heavy (non-hydrogen) atoms. The van der Waals surface area contributed by atoms with Gasteiger partial charge in [-0.3, -0.25) is 0 Å². The summed E-state index contributed by atoms with van der Waals surface area (Å²) >= 11 is 2.70. The Bertz CT molecular complexity index is 378. The van der Waals surface area contributed by atoms with E-state index in [4.69, 9.17) is 5.11 Å². The first-order chi connectivity index (χ1) is 6.30. The fraction of sp³-hybridized carbons (Fsp3) is 0.143. The number of halogens is 4. The summed E-state index contributed by atoms with van der Waals surface area (Å²) in [7, 11) is 0. The molecule has 1 heterocycles. The second-order valence-electron chi connectivity index (χ2n) is 2.37.